The van der Waals surface area contributed by atoms with E-state index in [4.69, 9.17) is 22.1 Å². The lowest BCUT2D eigenvalue weighted by molar-refractivity contribution is -0.151. The van der Waals surface area contributed by atoms with Crippen LogP contribution in [0.25, 0.3) is 0 Å². The van der Waals surface area contributed by atoms with E-state index in [1.807, 2.05) is 45.2 Å². The molecule has 1 rings (SSSR count). The third-order valence-electron chi connectivity index (χ3n) is 4.15. The van der Waals surface area contributed by atoms with Gasteiger partial charge in [-0.05, 0) is 91.9 Å². The summed E-state index contributed by atoms with van der Waals surface area (Å²) >= 11 is 11.2. The second-order valence-electron chi connectivity index (χ2n) is 6.45. The number of primary amides is 1. The highest BCUT2D eigenvalue weighted by Gasteiger charge is 2.39. The molecule has 0 aliphatic heterocycles. The number of aliphatic hydroxyl groups excluding tert-OH is 2. The summed E-state index contributed by atoms with van der Waals surface area (Å²) in [6.07, 6.45) is -1.35. The predicted octanol–water partition coefficient (Wildman–Crippen LogP) is 2.49. The molecule has 1 unspecified atom stereocenters. The van der Waals surface area contributed by atoms with Gasteiger partial charge in [0.2, 0.25) is 0 Å². The molecule has 0 aliphatic rings. The van der Waals surface area contributed by atoms with Crippen molar-refractivity contribution in [1.82, 2.24) is 0 Å². The standard InChI is InChI=1S/C17H18ClI3N2O7/c1-6(30-7(2)26)15(28)23(16(22)29)13-11(20)8(14(18)27)10(19)9(12(13)21)17(3,4-24)5-25/h6,24-25H,4-5H2,1-3H3,(H2,22,29). The zero-order chi connectivity index (χ0) is 23.5. The van der Waals surface area contributed by atoms with Gasteiger partial charge >= 0.3 is 12.0 Å². The first-order chi connectivity index (χ1) is 13.7. The van der Waals surface area contributed by atoms with Crippen LogP contribution in [-0.4, -0.2) is 52.7 Å². The van der Waals surface area contributed by atoms with Gasteiger partial charge in [-0.2, -0.15) is 0 Å². The average Bonchev–Trinajstić information content (AvgIpc) is 2.62. The van der Waals surface area contributed by atoms with Gasteiger partial charge in [-0.3, -0.25) is 14.4 Å². The lowest BCUT2D eigenvalue weighted by atomic mass is 9.83. The molecule has 0 aromatic heterocycles. The van der Waals surface area contributed by atoms with Crippen LogP contribution < -0.4 is 10.6 Å². The third kappa shape index (κ3) is 5.54. The van der Waals surface area contributed by atoms with Crippen molar-refractivity contribution in [2.24, 2.45) is 5.73 Å². The maximum atomic E-state index is 12.9. The molecule has 13 heteroatoms. The van der Waals surface area contributed by atoms with Gasteiger partial charge in [-0.15, -0.1) is 0 Å². The van der Waals surface area contributed by atoms with E-state index in [1.165, 1.54) is 6.92 Å². The monoisotopic (exact) mass is 778 g/mol. The molecule has 9 nitrogen and oxygen atoms in total. The fourth-order valence-corrected chi connectivity index (χ4v) is 8.52. The Morgan fingerprint density at radius 1 is 1.13 bits per heavy atom. The van der Waals surface area contributed by atoms with Gasteiger partial charge in [0, 0.05) is 19.5 Å². The molecule has 0 saturated carbocycles. The van der Waals surface area contributed by atoms with Crippen LogP contribution in [-0.2, 0) is 19.7 Å². The van der Waals surface area contributed by atoms with Gasteiger partial charge in [0.1, 0.15) is 0 Å². The number of aliphatic hydroxyl groups is 2. The predicted molar refractivity (Wildman–Crippen MR) is 135 cm³/mol. The molecule has 0 saturated heterocycles. The minimum atomic E-state index is -1.35. The van der Waals surface area contributed by atoms with Gasteiger partial charge in [0.25, 0.3) is 11.1 Å². The molecule has 1 aromatic carbocycles. The number of rotatable bonds is 7. The van der Waals surface area contributed by atoms with Crippen LogP contribution in [0.1, 0.15) is 36.7 Å². The van der Waals surface area contributed by atoms with Crippen molar-refractivity contribution in [3.63, 3.8) is 0 Å². The number of nitrogens with zero attached hydrogens (tertiary/aromatic N) is 1. The molecule has 0 bridgehead atoms. The smallest absolute Gasteiger partial charge is 0.326 e. The number of carbonyl (C=O) groups excluding carboxylic acids is 4. The summed E-state index contributed by atoms with van der Waals surface area (Å²) in [6.45, 7) is 2.92. The van der Waals surface area contributed by atoms with E-state index in [0.29, 0.717) is 14.0 Å². The van der Waals surface area contributed by atoms with E-state index in [0.717, 1.165) is 6.92 Å². The SMILES string of the molecule is CC(=O)OC(C)C(=O)N(C(N)=O)c1c(I)c(C(=O)Cl)c(I)c(C(C)(CO)CO)c1I. The highest BCUT2D eigenvalue weighted by Crippen LogP contribution is 2.43. The maximum Gasteiger partial charge on any atom is 0.326 e. The first-order valence-electron chi connectivity index (χ1n) is 8.18. The number of anilines is 1. The van der Waals surface area contributed by atoms with E-state index in [2.05, 4.69) is 0 Å². The summed E-state index contributed by atoms with van der Waals surface area (Å²) in [6, 6.07) is -1.18. The molecule has 1 atom stereocenters. The molecule has 1 aromatic rings. The van der Waals surface area contributed by atoms with Gasteiger partial charge < -0.3 is 20.7 Å². The zero-order valence-corrected chi connectivity index (χ0v) is 23.2. The molecule has 0 heterocycles. The van der Waals surface area contributed by atoms with Crippen LogP contribution in [0.15, 0.2) is 0 Å². The van der Waals surface area contributed by atoms with Crippen molar-refractivity contribution in [3.8, 4) is 0 Å². The molecular weight excluding hydrogens is 760 g/mol. The summed E-state index contributed by atoms with van der Waals surface area (Å²) in [5.74, 6) is -1.68. The minimum Gasteiger partial charge on any atom is -0.453 e. The quantitative estimate of drug-likeness (QED) is 0.219. The minimum absolute atomic E-state index is 0.0180. The Morgan fingerprint density at radius 3 is 2.00 bits per heavy atom. The number of esters is 1. The second-order valence-corrected chi connectivity index (χ2v) is 10.0. The number of hydrogen-bond acceptors (Lipinski definition) is 7. The van der Waals surface area contributed by atoms with E-state index >= 15 is 0 Å². The summed E-state index contributed by atoms with van der Waals surface area (Å²) < 4.78 is 5.66. The van der Waals surface area contributed by atoms with Crippen LogP contribution >= 0.6 is 79.4 Å². The first kappa shape index (κ1) is 27.7. The lowest BCUT2D eigenvalue weighted by Crippen LogP contribution is -2.48. The highest BCUT2D eigenvalue weighted by atomic mass is 127. The Kier molecular flexibility index (Phi) is 10.2. The topological polar surface area (TPSA) is 147 Å². The number of halogens is 4. The van der Waals surface area contributed by atoms with Crippen molar-refractivity contribution < 1.29 is 34.1 Å². The number of urea groups is 1. The molecule has 3 amide bonds. The van der Waals surface area contributed by atoms with Crippen LogP contribution in [0.2, 0.25) is 0 Å². The van der Waals surface area contributed by atoms with Crippen LogP contribution in [0, 0.1) is 10.7 Å². The van der Waals surface area contributed by atoms with Gasteiger partial charge in [0.05, 0.1) is 28.0 Å². The van der Waals surface area contributed by atoms with Crippen LogP contribution in [0.5, 0.6) is 0 Å². The third-order valence-corrected chi connectivity index (χ3v) is 7.52. The summed E-state index contributed by atoms with van der Waals surface area (Å²) in [4.78, 5) is 49.2. The molecule has 166 valence electrons. The second kappa shape index (κ2) is 11.0. The zero-order valence-electron chi connectivity index (χ0n) is 16.0. The average molecular weight is 779 g/mol. The van der Waals surface area contributed by atoms with Crippen molar-refractivity contribution in [2.45, 2.75) is 32.3 Å². The number of hydrogen-bond donors (Lipinski definition) is 3. The van der Waals surface area contributed by atoms with Crippen molar-refractivity contribution in [2.75, 3.05) is 18.1 Å². The normalized spacial score (nSPS) is 12.3. The van der Waals surface area contributed by atoms with Crippen molar-refractivity contribution >= 4 is 108 Å². The number of imide groups is 1. The Labute approximate surface area is 218 Å². The van der Waals surface area contributed by atoms with E-state index in [-0.39, 0.29) is 18.4 Å². The number of ether oxygens (including phenoxy) is 1. The molecule has 0 fully saturated rings. The summed E-state index contributed by atoms with van der Waals surface area (Å²) in [7, 11) is 0. The van der Waals surface area contributed by atoms with E-state index < -0.39 is 47.9 Å². The van der Waals surface area contributed by atoms with Gasteiger partial charge in [-0.25, -0.2) is 9.69 Å². The van der Waals surface area contributed by atoms with E-state index in [9.17, 15) is 29.4 Å². The molecule has 0 spiro atoms. The Hall–Kier alpha value is -0.300. The number of carbonyl (C=O) groups is 4. The van der Waals surface area contributed by atoms with Gasteiger partial charge in [0.15, 0.2) is 6.10 Å². The largest absolute Gasteiger partial charge is 0.453 e. The fourth-order valence-electron chi connectivity index (χ4n) is 2.57. The molecule has 0 aliphatic carbocycles. The number of amides is 3. The van der Waals surface area contributed by atoms with Crippen molar-refractivity contribution in [1.29, 1.82) is 0 Å². The molecule has 0 radical (unpaired) electrons. The van der Waals surface area contributed by atoms with Crippen molar-refractivity contribution in [3.05, 3.63) is 21.8 Å². The summed E-state index contributed by atoms with van der Waals surface area (Å²) in [5, 5.41) is 18.9. The number of nitrogens with two attached hydrogens (primary N) is 1. The van der Waals surface area contributed by atoms with Gasteiger partial charge in [-0.1, -0.05) is 6.92 Å². The van der Waals surface area contributed by atoms with Crippen LogP contribution in [0.3, 0.4) is 0 Å². The highest BCUT2D eigenvalue weighted by molar-refractivity contribution is 14.1. The Bertz CT molecular complexity index is 906. The maximum absolute atomic E-state index is 12.9. The fraction of sp³-hybridized carbons (Fsp3) is 0.412. The Morgan fingerprint density at radius 2 is 1.63 bits per heavy atom. The molecule has 4 N–H and O–H groups in total. The molecular formula is C17H18ClI3N2O7. The Balaban J connectivity index is 4.02. The van der Waals surface area contributed by atoms with E-state index in [1.54, 1.807) is 29.5 Å². The lowest BCUT2D eigenvalue weighted by Gasteiger charge is -2.32. The molecule has 30 heavy (non-hydrogen) atoms. The number of benzene rings is 1. The summed E-state index contributed by atoms with van der Waals surface area (Å²) in [5.41, 5.74) is 4.47. The first-order valence-corrected chi connectivity index (χ1v) is 11.8. The van der Waals surface area contributed by atoms with Crippen LogP contribution in [0.4, 0.5) is 10.5 Å².